The zero-order chi connectivity index (χ0) is 13.9. The Hall–Kier alpha value is -2.04. The zero-order valence-corrected chi connectivity index (χ0v) is 9.84. The molecule has 100 valence electrons. The molecule has 2 rings (SSSR count). The molecule has 0 aromatic heterocycles. The molecule has 0 fully saturated rings. The fraction of sp³-hybridized carbons (Fsp3) is 0.143. The lowest BCUT2D eigenvalue weighted by atomic mass is 10.1. The Labute approximate surface area is 107 Å². The summed E-state index contributed by atoms with van der Waals surface area (Å²) in [6, 6.07) is 12.1. The van der Waals surface area contributed by atoms with E-state index in [9.17, 15) is 17.6 Å². The van der Waals surface area contributed by atoms with Crippen molar-refractivity contribution in [2.45, 2.75) is 12.7 Å². The second-order valence-corrected chi connectivity index (χ2v) is 4.03. The number of alkyl halides is 3. The van der Waals surface area contributed by atoms with E-state index in [0.717, 1.165) is 17.8 Å². The average Bonchev–Trinajstić information content (AvgIpc) is 2.37. The average molecular weight is 269 g/mol. The summed E-state index contributed by atoms with van der Waals surface area (Å²) in [5, 5.41) is 2.97. The van der Waals surface area contributed by atoms with Crippen LogP contribution in [-0.2, 0) is 12.7 Å². The van der Waals surface area contributed by atoms with Gasteiger partial charge in [-0.3, -0.25) is 0 Å². The lowest BCUT2D eigenvalue weighted by molar-refractivity contribution is -0.140. The largest absolute Gasteiger partial charge is 0.419 e. The van der Waals surface area contributed by atoms with Crippen LogP contribution in [0.5, 0.6) is 0 Å². The fourth-order valence-electron chi connectivity index (χ4n) is 1.66. The Bertz CT molecular complexity index is 549. The van der Waals surface area contributed by atoms with E-state index in [2.05, 4.69) is 5.32 Å². The highest BCUT2D eigenvalue weighted by atomic mass is 19.4. The predicted molar refractivity (Wildman–Crippen MR) is 65.2 cm³/mol. The van der Waals surface area contributed by atoms with Gasteiger partial charge in [0.25, 0.3) is 0 Å². The number of nitrogens with one attached hydrogen (secondary N) is 1. The number of rotatable bonds is 3. The number of hydrogen-bond donors (Lipinski definition) is 1. The van der Waals surface area contributed by atoms with Crippen molar-refractivity contribution in [3.63, 3.8) is 0 Å². The number of hydrogen-bond acceptors (Lipinski definition) is 1. The van der Waals surface area contributed by atoms with Crippen molar-refractivity contribution in [3.8, 4) is 0 Å². The van der Waals surface area contributed by atoms with E-state index in [1.807, 2.05) is 18.2 Å². The van der Waals surface area contributed by atoms with E-state index >= 15 is 0 Å². The molecule has 0 bridgehead atoms. The van der Waals surface area contributed by atoms with Gasteiger partial charge in [-0.1, -0.05) is 24.3 Å². The van der Waals surface area contributed by atoms with Crippen LogP contribution in [0, 0.1) is 5.82 Å². The quantitative estimate of drug-likeness (QED) is 0.811. The molecule has 0 spiro atoms. The van der Waals surface area contributed by atoms with Crippen LogP contribution in [0.2, 0.25) is 0 Å². The van der Waals surface area contributed by atoms with Crippen LogP contribution >= 0.6 is 0 Å². The normalized spacial score (nSPS) is 11.4. The van der Waals surface area contributed by atoms with Gasteiger partial charge in [-0.05, 0) is 29.8 Å². The Morgan fingerprint density at radius 2 is 1.63 bits per heavy atom. The highest BCUT2D eigenvalue weighted by Gasteiger charge is 2.34. The molecule has 1 N–H and O–H groups in total. The van der Waals surface area contributed by atoms with E-state index < -0.39 is 17.6 Å². The van der Waals surface area contributed by atoms with E-state index in [-0.39, 0.29) is 6.54 Å². The second kappa shape index (κ2) is 5.30. The minimum Gasteiger partial charge on any atom is -0.381 e. The summed E-state index contributed by atoms with van der Waals surface area (Å²) in [5.41, 5.74) is -0.0715. The SMILES string of the molecule is Fc1ccc(CNc2ccccc2)cc1C(F)(F)F. The molecule has 5 heteroatoms. The number of halogens is 4. The fourth-order valence-corrected chi connectivity index (χ4v) is 1.66. The third-order valence-electron chi connectivity index (χ3n) is 2.61. The van der Waals surface area contributed by atoms with Crippen LogP contribution in [0.25, 0.3) is 0 Å². The van der Waals surface area contributed by atoms with Gasteiger partial charge in [0.1, 0.15) is 5.82 Å². The van der Waals surface area contributed by atoms with Crippen molar-refractivity contribution in [1.82, 2.24) is 0 Å². The molecular weight excluding hydrogens is 258 g/mol. The van der Waals surface area contributed by atoms with Crippen molar-refractivity contribution >= 4 is 5.69 Å². The van der Waals surface area contributed by atoms with Crippen LogP contribution in [0.4, 0.5) is 23.2 Å². The highest BCUT2D eigenvalue weighted by molar-refractivity contribution is 5.43. The Morgan fingerprint density at radius 3 is 2.26 bits per heavy atom. The Balaban J connectivity index is 2.14. The van der Waals surface area contributed by atoms with Crippen LogP contribution in [0.3, 0.4) is 0 Å². The highest BCUT2D eigenvalue weighted by Crippen LogP contribution is 2.32. The summed E-state index contributed by atoms with van der Waals surface area (Å²) < 4.78 is 50.7. The molecule has 0 heterocycles. The number of benzene rings is 2. The van der Waals surface area contributed by atoms with E-state index in [1.54, 1.807) is 12.1 Å². The first-order valence-corrected chi connectivity index (χ1v) is 5.61. The molecule has 0 unspecified atom stereocenters. The summed E-state index contributed by atoms with van der Waals surface area (Å²) >= 11 is 0. The lowest BCUT2D eigenvalue weighted by Crippen LogP contribution is -2.10. The molecule has 2 aromatic rings. The van der Waals surface area contributed by atoms with Gasteiger partial charge in [0.05, 0.1) is 5.56 Å². The molecule has 1 nitrogen and oxygen atoms in total. The summed E-state index contributed by atoms with van der Waals surface area (Å²) in [4.78, 5) is 0. The smallest absolute Gasteiger partial charge is 0.381 e. The van der Waals surface area contributed by atoms with Crippen LogP contribution in [0.1, 0.15) is 11.1 Å². The van der Waals surface area contributed by atoms with Gasteiger partial charge in [-0.25, -0.2) is 4.39 Å². The first kappa shape index (κ1) is 13.4. The second-order valence-electron chi connectivity index (χ2n) is 4.03. The maximum atomic E-state index is 13.1. The molecule has 2 aromatic carbocycles. The molecule has 19 heavy (non-hydrogen) atoms. The summed E-state index contributed by atoms with van der Waals surface area (Å²) in [6.45, 7) is 0.202. The van der Waals surface area contributed by atoms with E-state index in [0.29, 0.717) is 5.56 Å². The Morgan fingerprint density at radius 1 is 0.947 bits per heavy atom. The van der Waals surface area contributed by atoms with Gasteiger partial charge >= 0.3 is 6.18 Å². The molecule has 0 saturated heterocycles. The third-order valence-corrected chi connectivity index (χ3v) is 2.61. The molecule has 0 saturated carbocycles. The van der Waals surface area contributed by atoms with Gasteiger partial charge in [0.2, 0.25) is 0 Å². The number of anilines is 1. The zero-order valence-electron chi connectivity index (χ0n) is 9.84. The molecule has 0 aliphatic carbocycles. The summed E-state index contributed by atoms with van der Waals surface area (Å²) in [5.74, 6) is -1.25. The van der Waals surface area contributed by atoms with Crippen molar-refractivity contribution in [3.05, 3.63) is 65.5 Å². The molecule has 0 amide bonds. The van der Waals surface area contributed by atoms with E-state index in [1.165, 1.54) is 6.07 Å². The maximum Gasteiger partial charge on any atom is 0.419 e. The van der Waals surface area contributed by atoms with E-state index in [4.69, 9.17) is 0 Å². The predicted octanol–water partition coefficient (Wildman–Crippen LogP) is 4.46. The molecule has 0 aliphatic rings. The molecule has 0 radical (unpaired) electrons. The van der Waals surface area contributed by atoms with Crippen molar-refractivity contribution in [2.24, 2.45) is 0 Å². The first-order chi connectivity index (χ1) is 8.97. The van der Waals surface area contributed by atoms with Crippen molar-refractivity contribution < 1.29 is 17.6 Å². The van der Waals surface area contributed by atoms with Crippen molar-refractivity contribution in [1.29, 1.82) is 0 Å². The minimum absolute atomic E-state index is 0.202. The van der Waals surface area contributed by atoms with Crippen LogP contribution < -0.4 is 5.32 Å². The Kier molecular flexibility index (Phi) is 3.74. The minimum atomic E-state index is -4.67. The van der Waals surface area contributed by atoms with Gasteiger partial charge in [-0.15, -0.1) is 0 Å². The topological polar surface area (TPSA) is 12.0 Å². The van der Waals surface area contributed by atoms with Crippen LogP contribution in [0.15, 0.2) is 48.5 Å². The standard InChI is InChI=1S/C14H11F4N/c15-13-7-6-10(8-12(13)14(16,17)18)9-19-11-4-2-1-3-5-11/h1-8,19H,9H2. The monoisotopic (exact) mass is 269 g/mol. The van der Waals surface area contributed by atoms with Gasteiger partial charge in [-0.2, -0.15) is 13.2 Å². The van der Waals surface area contributed by atoms with Crippen molar-refractivity contribution in [2.75, 3.05) is 5.32 Å². The van der Waals surface area contributed by atoms with Gasteiger partial charge in [0.15, 0.2) is 0 Å². The summed E-state index contributed by atoms with van der Waals surface area (Å²) in [6.07, 6.45) is -4.67. The molecule has 0 atom stereocenters. The lowest BCUT2D eigenvalue weighted by Gasteiger charge is -2.11. The molecular formula is C14H11F4N. The third kappa shape index (κ3) is 3.47. The first-order valence-electron chi connectivity index (χ1n) is 5.61. The van der Waals surface area contributed by atoms with Crippen LogP contribution in [-0.4, -0.2) is 0 Å². The summed E-state index contributed by atoms with van der Waals surface area (Å²) in [7, 11) is 0. The van der Waals surface area contributed by atoms with Gasteiger partial charge < -0.3 is 5.32 Å². The number of para-hydroxylation sites is 1. The molecule has 0 aliphatic heterocycles. The maximum absolute atomic E-state index is 13.1. The van der Waals surface area contributed by atoms with Gasteiger partial charge in [0, 0.05) is 12.2 Å².